The number of hydrogen-bond donors (Lipinski definition) is 0. The van der Waals surface area contributed by atoms with Crippen molar-refractivity contribution in [2.45, 2.75) is 38.5 Å². The lowest BCUT2D eigenvalue weighted by atomic mass is 10.0. The SMILES string of the molecule is C/C=C(\C)C(=O)N1CCN(c2cc(S(=O)(=O)N3CCC[C@@H](C)C3)ccc2OC)CC1. The summed E-state index contributed by atoms with van der Waals surface area (Å²) >= 11 is 0. The van der Waals surface area contributed by atoms with Crippen molar-refractivity contribution < 1.29 is 17.9 Å². The number of allylic oxidation sites excluding steroid dienone is 1. The molecule has 2 aliphatic heterocycles. The Balaban J connectivity index is 1.81. The third kappa shape index (κ3) is 4.64. The van der Waals surface area contributed by atoms with E-state index in [-0.39, 0.29) is 5.91 Å². The Bertz CT molecular complexity index is 905. The van der Waals surface area contributed by atoms with Crippen LogP contribution in [0.2, 0.25) is 0 Å². The number of carbonyl (C=O) groups excluding carboxylic acids is 1. The number of benzene rings is 1. The summed E-state index contributed by atoms with van der Waals surface area (Å²) in [6.45, 7) is 9.36. The molecule has 0 radical (unpaired) electrons. The molecule has 0 aromatic heterocycles. The van der Waals surface area contributed by atoms with Crippen molar-refractivity contribution in [3.05, 3.63) is 29.8 Å². The zero-order valence-corrected chi connectivity index (χ0v) is 19.2. The van der Waals surface area contributed by atoms with E-state index in [1.807, 2.05) is 24.8 Å². The number of sulfonamides is 1. The number of ether oxygens (including phenoxy) is 1. The second-order valence-corrected chi connectivity index (χ2v) is 10.1. The van der Waals surface area contributed by atoms with E-state index in [2.05, 4.69) is 11.8 Å². The maximum atomic E-state index is 13.2. The fourth-order valence-corrected chi connectivity index (χ4v) is 5.73. The summed E-state index contributed by atoms with van der Waals surface area (Å²) in [6.07, 6.45) is 3.79. The minimum absolute atomic E-state index is 0.0552. The Morgan fingerprint density at radius 3 is 2.47 bits per heavy atom. The van der Waals surface area contributed by atoms with Gasteiger partial charge in [-0.25, -0.2) is 8.42 Å². The Labute approximate surface area is 180 Å². The van der Waals surface area contributed by atoms with Crippen LogP contribution < -0.4 is 9.64 Å². The maximum Gasteiger partial charge on any atom is 0.249 e. The predicted octanol–water partition coefficient (Wildman–Crippen LogP) is 2.73. The second kappa shape index (κ2) is 9.39. The number of hydrogen-bond acceptors (Lipinski definition) is 5. The fourth-order valence-electron chi connectivity index (χ4n) is 4.11. The molecule has 7 nitrogen and oxygen atoms in total. The summed E-state index contributed by atoms with van der Waals surface area (Å²) in [5.41, 5.74) is 1.50. The van der Waals surface area contributed by atoms with Crippen LogP contribution in [0.3, 0.4) is 0 Å². The minimum Gasteiger partial charge on any atom is -0.495 e. The summed E-state index contributed by atoms with van der Waals surface area (Å²) < 4.78 is 33.6. The van der Waals surface area contributed by atoms with E-state index in [4.69, 9.17) is 4.74 Å². The monoisotopic (exact) mass is 435 g/mol. The Hall–Kier alpha value is -2.06. The lowest BCUT2D eigenvalue weighted by Crippen LogP contribution is -2.49. The molecule has 30 heavy (non-hydrogen) atoms. The number of methoxy groups -OCH3 is 1. The van der Waals surface area contributed by atoms with Crippen molar-refractivity contribution in [1.29, 1.82) is 0 Å². The molecule has 1 aromatic carbocycles. The number of nitrogens with zero attached hydrogens (tertiary/aromatic N) is 3. The minimum atomic E-state index is -3.54. The summed E-state index contributed by atoms with van der Waals surface area (Å²) in [7, 11) is -1.95. The highest BCUT2D eigenvalue weighted by atomic mass is 32.2. The number of rotatable bonds is 5. The highest BCUT2D eigenvalue weighted by Crippen LogP contribution is 2.33. The van der Waals surface area contributed by atoms with Gasteiger partial charge in [-0.1, -0.05) is 13.0 Å². The molecule has 8 heteroatoms. The highest BCUT2D eigenvalue weighted by Gasteiger charge is 2.30. The molecule has 166 valence electrons. The topological polar surface area (TPSA) is 70.2 Å². The number of piperidine rings is 1. The molecule has 0 bridgehead atoms. The van der Waals surface area contributed by atoms with Crippen LogP contribution in [0.4, 0.5) is 5.69 Å². The van der Waals surface area contributed by atoms with Gasteiger partial charge in [0.05, 0.1) is 17.7 Å². The average Bonchev–Trinajstić information content (AvgIpc) is 2.77. The maximum absolute atomic E-state index is 13.2. The van der Waals surface area contributed by atoms with Crippen molar-refractivity contribution in [1.82, 2.24) is 9.21 Å². The lowest BCUT2D eigenvalue weighted by Gasteiger charge is -2.37. The van der Waals surface area contributed by atoms with Crippen LogP contribution in [0.5, 0.6) is 5.75 Å². The summed E-state index contributed by atoms with van der Waals surface area (Å²) in [4.78, 5) is 16.7. The number of anilines is 1. The van der Waals surface area contributed by atoms with E-state index >= 15 is 0 Å². The zero-order valence-electron chi connectivity index (χ0n) is 18.4. The molecule has 2 saturated heterocycles. The first-order valence-corrected chi connectivity index (χ1v) is 12.1. The quantitative estimate of drug-likeness (QED) is 0.665. The van der Waals surface area contributed by atoms with Gasteiger partial charge in [-0.05, 0) is 50.8 Å². The molecule has 0 aliphatic carbocycles. The van der Waals surface area contributed by atoms with Gasteiger partial charge in [0.15, 0.2) is 0 Å². The van der Waals surface area contributed by atoms with Crippen LogP contribution in [-0.2, 0) is 14.8 Å². The van der Waals surface area contributed by atoms with Gasteiger partial charge in [-0.2, -0.15) is 4.31 Å². The standard InChI is InChI=1S/C22H33N3O4S/c1-5-18(3)22(26)24-13-11-23(12-14-24)20-15-19(8-9-21(20)29-4)30(27,28)25-10-6-7-17(2)16-25/h5,8-9,15,17H,6-7,10-14,16H2,1-4H3/b18-5+/t17-/m1/s1. The average molecular weight is 436 g/mol. The molecule has 0 spiro atoms. The van der Waals surface area contributed by atoms with Gasteiger partial charge < -0.3 is 14.5 Å². The first kappa shape index (κ1) is 22.6. The Morgan fingerprint density at radius 2 is 1.87 bits per heavy atom. The van der Waals surface area contributed by atoms with E-state index in [0.29, 0.717) is 55.8 Å². The molecule has 2 fully saturated rings. The number of amides is 1. The third-order valence-corrected chi connectivity index (χ3v) is 7.95. The van der Waals surface area contributed by atoms with Crippen LogP contribution >= 0.6 is 0 Å². The molecule has 2 aliphatic rings. The van der Waals surface area contributed by atoms with Gasteiger partial charge in [-0.15, -0.1) is 0 Å². The van der Waals surface area contributed by atoms with Crippen molar-refractivity contribution >= 4 is 21.6 Å². The molecule has 0 N–H and O–H groups in total. The van der Waals surface area contributed by atoms with Crippen LogP contribution in [0.15, 0.2) is 34.7 Å². The molecule has 1 atom stereocenters. The predicted molar refractivity (Wildman–Crippen MR) is 118 cm³/mol. The molecule has 0 unspecified atom stereocenters. The molecule has 1 amide bonds. The van der Waals surface area contributed by atoms with E-state index in [1.54, 1.807) is 29.6 Å². The van der Waals surface area contributed by atoms with Crippen LogP contribution in [0.1, 0.15) is 33.6 Å². The van der Waals surface area contributed by atoms with Crippen molar-refractivity contribution in [2.75, 3.05) is 51.3 Å². The van der Waals surface area contributed by atoms with E-state index in [1.165, 1.54) is 0 Å². The van der Waals surface area contributed by atoms with Crippen molar-refractivity contribution in [2.24, 2.45) is 5.92 Å². The zero-order chi connectivity index (χ0) is 21.9. The van der Waals surface area contributed by atoms with Gasteiger partial charge in [-0.3, -0.25) is 4.79 Å². The smallest absolute Gasteiger partial charge is 0.249 e. The summed E-state index contributed by atoms with van der Waals surface area (Å²) in [5, 5.41) is 0. The molecule has 2 heterocycles. The van der Waals surface area contributed by atoms with Gasteiger partial charge in [0.1, 0.15) is 5.75 Å². The van der Waals surface area contributed by atoms with E-state index < -0.39 is 10.0 Å². The largest absolute Gasteiger partial charge is 0.495 e. The van der Waals surface area contributed by atoms with Crippen molar-refractivity contribution in [3.8, 4) is 5.75 Å². The van der Waals surface area contributed by atoms with Crippen molar-refractivity contribution in [3.63, 3.8) is 0 Å². The third-order valence-electron chi connectivity index (χ3n) is 6.09. The van der Waals surface area contributed by atoms with E-state index in [9.17, 15) is 13.2 Å². The van der Waals surface area contributed by atoms with Gasteiger partial charge >= 0.3 is 0 Å². The molecular weight excluding hydrogens is 402 g/mol. The fraction of sp³-hybridized carbons (Fsp3) is 0.591. The summed E-state index contributed by atoms with van der Waals surface area (Å²) in [6, 6.07) is 5.09. The lowest BCUT2D eigenvalue weighted by molar-refractivity contribution is -0.127. The van der Waals surface area contributed by atoms with Gasteiger partial charge in [0, 0.05) is 44.8 Å². The number of piperazine rings is 1. The highest BCUT2D eigenvalue weighted by molar-refractivity contribution is 7.89. The van der Waals surface area contributed by atoms with Crippen LogP contribution in [0.25, 0.3) is 0 Å². The second-order valence-electron chi connectivity index (χ2n) is 8.20. The first-order valence-electron chi connectivity index (χ1n) is 10.6. The van der Waals surface area contributed by atoms with Gasteiger partial charge in [0.25, 0.3) is 0 Å². The van der Waals surface area contributed by atoms with Crippen LogP contribution in [0, 0.1) is 5.92 Å². The Morgan fingerprint density at radius 1 is 1.17 bits per heavy atom. The van der Waals surface area contributed by atoms with E-state index in [0.717, 1.165) is 24.1 Å². The molecule has 0 saturated carbocycles. The normalized spacial score (nSPS) is 21.6. The molecular formula is C22H33N3O4S. The number of carbonyl (C=O) groups is 1. The van der Waals surface area contributed by atoms with Crippen LogP contribution in [-0.4, -0.2) is 69.9 Å². The summed E-state index contributed by atoms with van der Waals surface area (Å²) in [5.74, 6) is 1.07. The first-order chi connectivity index (χ1) is 14.3. The molecule has 1 aromatic rings. The molecule has 3 rings (SSSR count). The van der Waals surface area contributed by atoms with Gasteiger partial charge in [0.2, 0.25) is 15.9 Å². The Kier molecular flexibility index (Phi) is 7.08.